The minimum Gasteiger partial charge on any atom is -0.364 e. The van der Waals surface area contributed by atoms with Crippen LogP contribution in [0.3, 0.4) is 0 Å². The number of halogens is 1. The zero-order chi connectivity index (χ0) is 18.2. The average molecular weight is 421 g/mol. The summed E-state index contributed by atoms with van der Waals surface area (Å²) < 4.78 is 24.8. The lowest BCUT2D eigenvalue weighted by Gasteiger charge is -2.09. The Hall–Kier alpha value is -2.49. The van der Waals surface area contributed by atoms with E-state index in [1.54, 1.807) is 12.1 Å². The van der Waals surface area contributed by atoms with Gasteiger partial charge in [-0.25, -0.2) is 18.2 Å². The van der Waals surface area contributed by atoms with E-state index in [1.165, 1.54) is 16.8 Å². The quantitative estimate of drug-likeness (QED) is 0.670. The van der Waals surface area contributed by atoms with Crippen LogP contribution in [0.5, 0.6) is 0 Å². The highest BCUT2D eigenvalue weighted by Gasteiger charge is 2.22. The molecular weight excluding hydrogens is 408 g/mol. The maximum Gasteiger partial charge on any atom is 0.270 e. The van der Waals surface area contributed by atoms with E-state index in [-0.39, 0.29) is 10.6 Å². The molecule has 0 radical (unpaired) electrons. The zero-order valence-electron chi connectivity index (χ0n) is 12.8. The number of primary amides is 1. The second kappa shape index (κ2) is 6.43. The molecule has 0 spiro atoms. The lowest BCUT2D eigenvalue weighted by molar-refractivity contribution is 0.0994. The molecule has 0 bridgehead atoms. The molecule has 0 unspecified atom stereocenters. The van der Waals surface area contributed by atoms with Crippen molar-refractivity contribution in [2.75, 3.05) is 0 Å². The predicted molar refractivity (Wildman–Crippen MR) is 96.6 cm³/mol. The summed E-state index contributed by atoms with van der Waals surface area (Å²) in [5, 5.41) is 9.38. The number of primary sulfonamides is 1. The molecule has 4 N–H and O–H groups in total. The van der Waals surface area contributed by atoms with Crippen LogP contribution in [0, 0.1) is 0 Å². The maximum atomic E-state index is 11.7. The molecule has 0 atom stereocenters. The largest absolute Gasteiger partial charge is 0.364 e. The van der Waals surface area contributed by atoms with E-state index in [0.717, 1.165) is 5.56 Å². The Bertz CT molecular complexity index is 1040. The van der Waals surface area contributed by atoms with Crippen LogP contribution in [-0.4, -0.2) is 24.1 Å². The molecule has 3 rings (SSSR count). The number of nitrogens with zero attached hydrogens (tertiary/aromatic N) is 2. The monoisotopic (exact) mass is 420 g/mol. The van der Waals surface area contributed by atoms with Crippen LogP contribution in [0.15, 0.2) is 64.0 Å². The number of aromatic nitrogens is 2. The van der Waals surface area contributed by atoms with Gasteiger partial charge in [-0.2, -0.15) is 5.10 Å². The van der Waals surface area contributed by atoms with E-state index < -0.39 is 15.9 Å². The molecule has 1 amide bonds. The highest BCUT2D eigenvalue weighted by molar-refractivity contribution is 9.10. The van der Waals surface area contributed by atoms with Gasteiger partial charge >= 0.3 is 0 Å². The second-order valence-electron chi connectivity index (χ2n) is 5.19. The number of carbonyl (C=O) groups is 1. The normalized spacial score (nSPS) is 11.4. The Morgan fingerprint density at radius 1 is 1.04 bits per heavy atom. The number of benzene rings is 2. The fourth-order valence-corrected chi connectivity index (χ4v) is 3.55. The molecule has 0 aliphatic heterocycles. The van der Waals surface area contributed by atoms with Crippen LogP contribution in [-0.2, 0) is 10.0 Å². The highest BCUT2D eigenvalue weighted by Crippen LogP contribution is 2.33. The van der Waals surface area contributed by atoms with Gasteiger partial charge < -0.3 is 5.73 Å². The Morgan fingerprint density at radius 2 is 1.64 bits per heavy atom. The van der Waals surface area contributed by atoms with Crippen molar-refractivity contribution in [3.63, 3.8) is 0 Å². The molecule has 1 aromatic heterocycles. The van der Waals surface area contributed by atoms with E-state index in [0.29, 0.717) is 15.9 Å². The summed E-state index contributed by atoms with van der Waals surface area (Å²) in [4.78, 5) is 11.6. The third-order valence-corrected chi connectivity index (χ3v) is 5.20. The van der Waals surface area contributed by atoms with Gasteiger partial charge in [0, 0.05) is 5.56 Å². The summed E-state index contributed by atoms with van der Waals surface area (Å²) in [6.07, 6.45) is 0. The molecule has 25 heavy (non-hydrogen) atoms. The van der Waals surface area contributed by atoms with Crippen LogP contribution in [0.25, 0.3) is 16.9 Å². The molecule has 7 nitrogen and oxygen atoms in total. The lowest BCUT2D eigenvalue weighted by atomic mass is 10.1. The van der Waals surface area contributed by atoms with Gasteiger partial charge in [-0.3, -0.25) is 4.79 Å². The first-order chi connectivity index (χ1) is 11.8. The first-order valence-electron chi connectivity index (χ1n) is 7.06. The van der Waals surface area contributed by atoms with Crippen molar-refractivity contribution in [2.45, 2.75) is 4.90 Å². The first-order valence-corrected chi connectivity index (χ1v) is 9.40. The number of rotatable bonds is 4. The molecule has 0 saturated heterocycles. The molecule has 2 aromatic carbocycles. The summed E-state index contributed by atoms with van der Waals surface area (Å²) in [5.41, 5.74) is 7.46. The number of amides is 1. The summed E-state index contributed by atoms with van der Waals surface area (Å²) in [6.45, 7) is 0. The molecule has 0 saturated carbocycles. The Balaban J connectivity index is 2.22. The number of sulfonamides is 1. The lowest BCUT2D eigenvalue weighted by Crippen LogP contribution is -2.13. The molecule has 0 fully saturated rings. The summed E-state index contributed by atoms with van der Waals surface area (Å²) in [6, 6.07) is 15.2. The van der Waals surface area contributed by atoms with Crippen LogP contribution >= 0.6 is 15.9 Å². The minimum absolute atomic E-state index is 0.0149. The van der Waals surface area contributed by atoms with Gasteiger partial charge in [0.25, 0.3) is 5.91 Å². The fourth-order valence-electron chi connectivity index (χ4n) is 2.37. The van der Waals surface area contributed by atoms with E-state index in [2.05, 4.69) is 21.0 Å². The molecule has 3 aromatic rings. The van der Waals surface area contributed by atoms with Crippen LogP contribution in [0.4, 0.5) is 0 Å². The van der Waals surface area contributed by atoms with Crippen LogP contribution < -0.4 is 10.9 Å². The first kappa shape index (κ1) is 17.3. The smallest absolute Gasteiger partial charge is 0.270 e. The van der Waals surface area contributed by atoms with Crippen molar-refractivity contribution in [3.05, 3.63) is 64.8 Å². The fraction of sp³-hybridized carbons (Fsp3) is 0. The molecule has 0 aliphatic rings. The van der Waals surface area contributed by atoms with E-state index in [1.807, 2.05) is 30.3 Å². The summed E-state index contributed by atoms with van der Waals surface area (Å²) in [5.74, 6) is -0.677. The number of nitrogens with two attached hydrogens (primary N) is 2. The molecular formula is C16H13BrN4O3S. The Morgan fingerprint density at radius 3 is 2.16 bits per heavy atom. The number of hydrogen-bond donors (Lipinski definition) is 2. The third-order valence-electron chi connectivity index (χ3n) is 3.52. The minimum atomic E-state index is -3.79. The second-order valence-corrected chi connectivity index (χ2v) is 7.55. The van der Waals surface area contributed by atoms with Crippen molar-refractivity contribution in [1.82, 2.24) is 9.78 Å². The summed E-state index contributed by atoms with van der Waals surface area (Å²) >= 11 is 3.38. The molecule has 128 valence electrons. The predicted octanol–water partition coefficient (Wildman–Crippen LogP) is 2.05. The number of carbonyl (C=O) groups excluding carboxylic acids is 1. The van der Waals surface area contributed by atoms with Crippen molar-refractivity contribution in [3.8, 4) is 16.9 Å². The Labute approximate surface area is 152 Å². The van der Waals surface area contributed by atoms with E-state index in [9.17, 15) is 13.2 Å². The van der Waals surface area contributed by atoms with Crippen molar-refractivity contribution < 1.29 is 13.2 Å². The van der Waals surface area contributed by atoms with Gasteiger partial charge in [-0.05, 0) is 40.2 Å². The average Bonchev–Trinajstić information content (AvgIpc) is 2.92. The maximum absolute atomic E-state index is 11.7. The van der Waals surface area contributed by atoms with Crippen molar-refractivity contribution in [1.29, 1.82) is 0 Å². The van der Waals surface area contributed by atoms with Gasteiger partial charge in [-0.15, -0.1) is 0 Å². The van der Waals surface area contributed by atoms with E-state index in [4.69, 9.17) is 10.9 Å². The van der Waals surface area contributed by atoms with Gasteiger partial charge in [0.05, 0.1) is 20.7 Å². The van der Waals surface area contributed by atoms with Gasteiger partial charge in [0.15, 0.2) is 5.69 Å². The van der Waals surface area contributed by atoms with Gasteiger partial charge in [-0.1, -0.05) is 30.3 Å². The van der Waals surface area contributed by atoms with Crippen LogP contribution in [0.2, 0.25) is 0 Å². The standard InChI is InChI=1S/C16H13BrN4O3S/c17-13-14(16(18)22)20-21(15(13)10-4-2-1-3-5-10)11-6-8-12(9-7-11)25(19,23)24/h1-9H,(H2,18,22)(H2,19,23,24). The zero-order valence-corrected chi connectivity index (χ0v) is 15.2. The van der Waals surface area contributed by atoms with E-state index >= 15 is 0 Å². The topological polar surface area (TPSA) is 121 Å². The third kappa shape index (κ3) is 3.34. The SMILES string of the molecule is NC(=O)c1nn(-c2ccc(S(N)(=O)=O)cc2)c(-c2ccccc2)c1Br. The van der Waals surface area contributed by atoms with Gasteiger partial charge in [0.2, 0.25) is 10.0 Å². The molecule has 1 heterocycles. The molecule has 9 heteroatoms. The van der Waals surface area contributed by atoms with Crippen molar-refractivity contribution in [2.24, 2.45) is 10.9 Å². The van der Waals surface area contributed by atoms with Crippen molar-refractivity contribution >= 4 is 31.9 Å². The number of hydrogen-bond acceptors (Lipinski definition) is 4. The Kier molecular flexibility index (Phi) is 4.46. The van der Waals surface area contributed by atoms with Crippen LogP contribution in [0.1, 0.15) is 10.5 Å². The highest BCUT2D eigenvalue weighted by atomic mass is 79.9. The molecule has 0 aliphatic carbocycles. The summed E-state index contributed by atoms with van der Waals surface area (Å²) in [7, 11) is -3.79. The van der Waals surface area contributed by atoms with Gasteiger partial charge in [0.1, 0.15) is 0 Å².